The molecule has 1 atom stereocenters. The molecular formula is C13H16BrNO2. The van der Waals surface area contributed by atoms with Crippen molar-refractivity contribution in [1.82, 2.24) is 4.90 Å². The summed E-state index contributed by atoms with van der Waals surface area (Å²) in [5, 5.41) is 9.44. The molecule has 1 aromatic rings. The number of carboxylic acid groups (broad SMARTS) is 1. The smallest absolute Gasteiger partial charge is 0.325 e. The molecule has 0 bridgehead atoms. The fraction of sp³-hybridized carbons (Fsp3) is 0.462. The molecule has 92 valence electrons. The van der Waals surface area contributed by atoms with E-state index in [4.69, 9.17) is 0 Å². The molecule has 1 unspecified atom stereocenters. The minimum absolute atomic E-state index is 0.522. The number of carboxylic acids is 1. The van der Waals surface area contributed by atoms with Crippen molar-refractivity contribution in [3.05, 3.63) is 34.3 Å². The van der Waals surface area contributed by atoms with E-state index in [0.29, 0.717) is 0 Å². The fourth-order valence-corrected chi connectivity index (χ4v) is 2.86. The summed E-state index contributed by atoms with van der Waals surface area (Å²) in [6, 6.07) is 7.06. The highest BCUT2D eigenvalue weighted by Gasteiger charge is 2.29. The molecule has 4 heteroatoms. The number of halogens is 1. The number of benzene rings is 1. The molecule has 0 aromatic heterocycles. The Kier molecular flexibility index (Phi) is 4.18. The lowest BCUT2D eigenvalue weighted by atomic mass is 10.0. The summed E-state index contributed by atoms with van der Waals surface area (Å²) in [4.78, 5) is 13.6. The molecule has 1 aromatic carbocycles. The predicted molar refractivity (Wildman–Crippen MR) is 69.9 cm³/mol. The molecule has 17 heavy (non-hydrogen) atoms. The predicted octanol–water partition coefficient (Wildman–Crippen LogP) is 3.06. The lowest BCUT2D eigenvalue weighted by Crippen LogP contribution is -2.38. The molecular weight excluding hydrogens is 282 g/mol. The second-order valence-corrected chi connectivity index (χ2v) is 5.21. The Morgan fingerprint density at radius 2 is 1.88 bits per heavy atom. The topological polar surface area (TPSA) is 40.5 Å². The van der Waals surface area contributed by atoms with Gasteiger partial charge in [0.2, 0.25) is 0 Å². The number of hydrogen-bond donors (Lipinski definition) is 1. The molecule has 3 nitrogen and oxygen atoms in total. The van der Waals surface area contributed by atoms with Gasteiger partial charge in [0.15, 0.2) is 0 Å². The molecule has 0 aliphatic carbocycles. The van der Waals surface area contributed by atoms with E-state index in [9.17, 15) is 9.90 Å². The van der Waals surface area contributed by atoms with Crippen LogP contribution in [0.15, 0.2) is 28.7 Å². The minimum atomic E-state index is -0.765. The van der Waals surface area contributed by atoms with Crippen LogP contribution in [0, 0.1) is 0 Å². The first-order chi connectivity index (χ1) is 8.20. The van der Waals surface area contributed by atoms with Crippen molar-refractivity contribution in [2.24, 2.45) is 0 Å². The van der Waals surface area contributed by atoms with Gasteiger partial charge < -0.3 is 5.11 Å². The molecule has 2 rings (SSSR count). The van der Waals surface area contributed by atoms with Crippen molar-refractivity contribution in [3.8, 4) is 0 Å². The Hall–Kier alpha value is -0.870. The molecule has 1 heterocycles. The van der Waals surface area contributed by atoms with E-state index in [2.05, 4.69) is 20.8 Å². The second-order valence-electron chi connectivity index (χ2n) is 4.36. The normalized spacial score (nSPS) is 18.9. The quantitative estimate of drug-likeness (QED) is 0.932. The van der Waals surface area contributed by atoms with Crippen LogP contribution in [0.1, 0.15) is 30.9 Å². The van der Waals surface area contributed by atoms with Crippen molar-refractivity contribution < 1.29 is 9.90 Å². The number of nitrogens with zero attached hydrogens (tertiary/aromatic N) is 1. The van der Waals surface area contributed by atoms with Crippen LogP contribution in [0.2, 0.25) is 0 Å². The Morgan fingerprint density at radius 1 is 1.24 bits per heavy atom. The van der Waals surface area contributed by atoms with E-state index in [1.54, 1.807) is 0 Å². The van der Waals surface area contributed by atoms with E-state index in [-0.39, 0.29) is 0 Å². The molecule has 0 radical (unpaired) electrons. The van der Waals surface area contributed by atoms with Gasteiger partial charge in [-0.15, -0.1) is 0 Å². The second kappa shape index (κ2) is 5.65. The third-order valence-corrected chi connectivity index (χ3v) is 3.91. The van der Waals surface area contributed by atoms with Crippen LogP contribution in [0.3, 0.4) is 0 Å². The monoisotopic (exact) mass is 297 g/mol. The Bertz CT molecular complexity index is 402. The Labute approximate surface area is 110 Å². The van der Waals surface area contributed by atoms with Crippen LogP contribution in [-0.2, 0) is 4.79 Å². The largest absolute Gasteiger partial charge is 0.480 e. The van der Waals surface area contributed by atoms with Crippen LogP contribution < -0.4 is 0 Å². The van der Waals surface area contributed by atoms with Gasteiger partial charge in [-0.2, -0.15) is 0 Å². The first-order valence-corrected chi connectivity index (χ1v) is 6.71. The highest BCUT2D eigenvalue weighted by atomic mass is 79.9. The number of rotatable bonds is 3. The molecule has 1 aliphatic rings. The first-order valence-electron chi connectivity index (χ1n) is 5.91. The van der Waals surface area contributed by atoms with Gasteiger partial charge in [-0.25, -0.2) is 0 Å². The van der Waals surface area contributed by atoms with Gasteiger partial charge in [-0.1, -0.05) is 40.5 Å². The standard InChI is InChI=1S/C13H16BrNO2/c14-11-7-3-2-6-10(11)12(13(16)17)15-8-4-1-5-9-15/h2-3,6-7,12H,1,4-5,8-9H2,(H,16,17). The Morgan fingerprint density at radius 3 is 2.47 bits per heavy atom. The van der Waals surface area contributed by atoms with Crippen LogP contribution >= 0.6 is 15.9 Å². The maximum absolute atomic E-state index is 11.5. The molecule has 1 saturated heterocycles. The van der Waals surface area contributed by atoms with Crippen molar-refractivity contribution >= 4 is 21.9 Å². The van der Waals surface area contributed by atoms with Gasteiger partial charge in [-0.05, 0) is 37.6 Å². The average molecular weight is 298 g/mol. The summed E-state index contributed by atoms with van der Waals surface area (Å²) >= 11 is 3.44. The van der Waals surface area contributed by atoms with Crippen molar-refractivity contribution in [3.63, 3.8) is 0 Å². The summed E-state index contributed by atoms with van der Waals surface area (Å²) in [6.45, 7) is 1.75. The van der Waals surface area contributed by atoms with E-state index in [0.717, 1.165) is 36.0 Å². The third-order valence-electron chi connectivity index (χ3n) is 3.19. The lowest BCUT2D eigenvalue weighted by molar-refractivity contribution is -0.144. The van der Waals surface area contributed by atoms with E-state index in [1.165, 1.54) is 6.42 Å². The zero-order valence-corrected chi connectivity index (χ0v) is 11.2. The van der Waals surface area contributed by atoms with E-state index in [1.807, 2.05) is 24.3 Å². The lowest BCUT2D eigenvalue weighted by Gasteiger charge is -2.32. The molecule has 0 amide bonds. The summed E-state index contributed by atoms with van der Waals surface area (Å²) in [5.41, 5.74) is 0.849. The Balaban J connectivity index is 2.28. The summed E-state index contributed by atoms with van der Waals surface area (Å²) in [7, 11) is 0. The van der Waals surface area contributed by atoms with Gasteiger partial charge in [0.1, 0.15) is 6.04 Å². The highest BCUT2D eigenvalue weighted by Crippen LogP contribution is 2.30. The summed E-state index contributed by atoms with van der Waals surface area (Å²) in [5.74, 6) is -0.765. The maximum atomic E-state index is 11.5. The van der Waals surface area contributed by atoms with E-state index < -0.39 is 12.0 Å². The number of likely N-dealkylation sites (tertiary alicyclic amines) is 1. The molecule has 1 N–H and O–H groups in total. The average Bonchev–Trinajstić information content (AvgIpc) is 2.33. The zero-order valence-electron chi connectivity index (χ0n) is 9.60. The SMILES string of the molecule is O=C(O)C(c1ccccc1Br)N1CCCCC1. The minimum Gasteiger partial charge on any atom is -0.480 e. The van der Waals surface area contributed by atoms with E-state index >= 15 is 0 Å². The fourth-order valence-electron chi connectivity index (χ4n) is 2.36. The van der Waals surface area contributed by atoms with Crippen LogP contribution in [0.4, 0.5) is 0 Å². The van der Waals surface area contributed by atoms with Crippen LogP contribution in [0.5, 0.6) is 0 Å². The summed E-state index contributed by atoms with van der Waals surface area (Å²) in [6.07, 6.45) is 3.39. The zero-order chi connectivity index (χ0) is 12.3. The van der Waals surface area contributed by atoms with Crippen LogP contribution in [-0.4, -0.2) is 29.1 Å². The van der Waals surface area contributed by atoms with Gasteiger partial charge in [0.25, 0.3) is 0 Å². The number of carbonyl (C=O) groups is 1. The highest BCUT2D eigenvalue weighted by molar-refractivity contribution is 9.10. The van der Waals surface area contributed by atoms with Gasteiger partial charge >= 0.3 is 5.97 Å². The molecule has 0 spiro atoms. The van der Waals surface area contributed by atoms with Gasteiger partial charge in [0, 0.05) is 4.47 Å². The van der Waals surface area contributed by atoms with Crippen molar-refractivity contribution in [2.45, 2.75) is 25.3 Å². The molecule has 1 fully saturated rings. The third kappa shape index (κ3) is 2.87. The number of hydrogen-bond acceptors (Lipinski definition) is 2. The molecule has 1 aliphatic heterocycles. The van der Waals surface area contributed by atoms with Crippen molar-refractivity contribution in [2.75, 3.05) is 13.1 Å². The van der Waals surface area contributed by atoms with Crippen LogP contribution in [0.25, 0.3) is 0 Å². The maximum Gasteiger partial charge on any atom is 0.325 e. The number of piperidine rings is 1. The van der Waals surface area contributed by atoms with Gasteiger partial charge in [0.05, 0.1) is 0 Å². The van der Waals surface area contributed by atoms with Crippen molar-refractivity contribution in [1.29, 1.82) is 0 Å². The first kappa shape index (κ1) is 12.6. The molecule has 0 saturated carbocycles. The number of aliphatic carboxylic acids is 1. The van der Waals surface area contributed by atoms with Gasteiger partial charge in [-0.3, -0.25) is 9.69 Å². The summed E-state index contributed by atoms with van der Waals surface area (Å²) < 4.78 is 0.873.